The number of carbonyl (C=O) groups is 2. The predicted octanol–water partition coefficient (Wildman–Crippen LogP) is 7.93. The summed E-state index contributed by atoms with van der Waals surface area (Å²) in [7, 11) is 0. The molecular weight excluding hydrogens is 388 g/mol. The third kappa shape index (κ3) is 13.9. The molecule has 1 rings (SSSR count). The summed E-state index contributed by atoms with van der Waals surface area (Å²) in [5.74, 6) is -0.229. The van der Waals surface area contributed by atoms with Crippen molar-refractivity contribution in [3.63, 3.8) is 0 Å². The number of carboxylic acid groups (broad SMARTS) is 1. The number of carboxylic acids is 1. The Morgan fingerprint density at radius 2 is 1.23 bits per heavy atom. The lowest BCUT2D eigenvalue weighted by atomic mass is 9.82. The van der Waals surface area contributed by atoms with Crippen LogP contribution in [0.5, 0.6) is 0 Å². The fourth-order valence-corrected chi connectivity index (χ4v) is 4.99. The van der Waals surface area contributed by atoms with Crippen molar-refractivity contribution in [2.24, 2.45) is 17.8 Å². The van der Waals surface area contributed by atoms with Crippen molar-refractivity contribution in [3.8, 4) is 0 Å². The molecule has 4 nitrogen and oxygen atoms in total. The van der Waals surface area contributed by atoms with E-state index in [0.717, 1.165) is 18.8 Å². The summed E-state index contributed by atoms with van der Waals surface area (Å²) in [6.07, 6.45) is 22.4. The van der Waals surface area contributed by atoms with Crippen molar-refractivity contribution < 1.29 is 19.4 Å². The first kappa shape index (κ1) is 28.0. The Kier molecular flexibility index (Phi) is 16.7. The molecule has 0 radical (unpaired) electrons. The maximum atomic E-state index is 12.1. The third-order valence-corrected chi connectivity index (χ3v) is 7.07. The molecule has 4 heteroatoms. The van der Waals surface area contributed by atoms with Gasteiger partial charge in [0.1, 0.15) is 0 Å². The van der Waals surface area contributed by atoms with E-state index in [1.54, 1.807) is 0 Å². The van der Waals surface area contributed by atoms with Crippen LogP contribution in [0.25, 0.3) is 0 Å². The van der Waals surface area contributed by atoms with Crippen molar-refractivity contribution >= 4 is 11.9 Å². The molecule has 0 spiro atoms. The lowest BCUT2D eigenvalue weighted by Gasteiger charge is -2.24. The molecule has 0 aromatic rings. The standard InChI is InChI=1S/C27H50O4/c1-3-5-12-16-23(15-4-2)17-13-10-8-6-7-9-11-14-22-31-27(30)25-20-18-24(19-21-25)26(28)29/h23-25H,3-22H2,1-2H3,(H,28,29). The SMILES string of the molecule is CCCCCC(CCC)CCCCCCCCCCOC(=O)C1CCC(C(=O)O)CC1. The number of rotatable bonds is 19. The lowest BCUT2D eigenvalue weighted by Crippen LogP contribution is -2.27. The van der Waals surface area contributed by atoms with Crippen LogP contribution in [0.4, 0.5) is 0 Å². The van der Waals surface area contributed by atoms with Gasteiger partial charge in [-0.25, -0.2) is 0 Å². The Hall–Kier alpha value is -1.06. The van der Waals surface area contributed by atoms with E-state index in [0.29, 0.717) is 32.3 Å². The minimum Gasteiger partial charge on any atom is -0.481 e. The number of aliphatic carboxylic acids is 1. The molecule has 0 aromatic carbocycles. The Morgan fingerprint density at radius 3 is 1.77 bits per heavy atom. The van der Waals surface area contributed by atoms with Gasteiger partial charge in [-0.2, -0.15) is 0 Å². The van der Waals surface area contributed by atoms with Crippen LogP contribution in [-0.4, -0.2) is 23.7 Å². The normalized spacial score (nSPS) is 19.8. The molecule has 1 unspecified atom stereocenters. The molecule has 1 fully saturated rings. The summed E-state index contributed by atoms with van der Waals surface area (Å²) in [4.78, 5) is 23.1. The van der Waals surface area contributed by atoms with E-state index in [9.17, 15) is 9.59 Å². The van der Waals surface area contributed by atoms with Gasteiger partial charge >= 0.3 is 11.9 Å². The lowest BCUT2D eigenvalue weighted by molar-refractivity contribution is -0.152. The van der Waals surface area contributed by atoms with E-state index < -0.39 is 5.97 Å². The molecule has 31 heavy (non-hydrogen) atoms. The number of carbonyl (C=O) groups excluding carboxylic acids is 1. The summed E-state index contributed by atoms with van der Waals surface area (Å²) in [6, 6.07) is 0. The zero-order valence-electron chi connectivity index (χ0n) is 20.5. The molecule has 182 valence electrons. The summed E-state index contributed by atoms with van der Waals surface area (Å²) in [5, 5.41) is 9.03. The Balaban J connectivity index is 1.91. The maximum absolute atomic E-state index is 12.1. The molecule has 0 heterocycles. The van der Waals surface area contributed by atoms with Gasteiger partial charge in [-0.15, -0.1) is 0 Å². The second-order valence-corrected chi connectivity index (χ2v) is 9.82. The van der Waals surface area contributed by atoms with Crippen LogP contribution in [0.3, 0.4) is 0 Å². The molecule has 1 atom stereocenters. The molecule has 1 N–H and O–H groups in total. The summed E-state index contributed by atoms with van der Waals surface area (Å²) in [6.45, 7) is 5.13. The van der Waals surface area contributed by atoms with E-state index in [-0.39, 0.29) is 17.8 Å². The van der Waals surface area contributed by atoms with E-state index in [1.165, 1.54) is 83.5 Å². The summed E-state index contributed by atoms with van der Waals surface area (Å²) >= 11 is 0. The average molecular weight is 439 g/mol. The highest BCUT2D eigenvalue weighted by atomic mass is 16.5. The van der Waals surface area contributed by atoms with Gasteiger partial charge in [0.25, 0.3) is 0 Å². The molecular formula is C27H50O4. The first-order chi connectivity index (χ1) is 15.1. The number of ether oxygens (including phenoxy) is 1. The Labute approximate surface area is 191 Å². The molecule has 0 saturated heterocycles. The van der Waals surface area contributed by atoms with E-state index in [2.05, 4.69) is 13.8 Å². The van der Waals surface area contributed by atoms with Crippen molar-refractivity contribution in [3.05, 3.63) is 0 Å². The molecule has 1 saturated carbocycles. The van der Waals surface area contributed by atoms with E-state index in [1.807, 2.05) is 0 Å². The Bertz CT molecular complexity index is 454. The molecule has 0 amide bonds. The van der Waals surface area contributed by atoms with Gasteiger partial charge in [0.05, 0.1) is 18.4 Å². The van der Waals surface area contributed by atoms with Gasteiger partial charge in [0.15, 0.2) is 0 Å². The minimum absolute atomic E-state index is 0.0841. The highest BCUT2D eigenvalue weighted by Gasteiger charge is 2.30. The average Bonchev–Trinajstić information content (AvgIpc) is 2.77. The number of unbranched alkanes of at least 4 members (excludes halogenated alkanes) is 9. The second kappa shape index (κ2) is 18.5. The quantitative estimate of drug-likeness (QED) is 0.164. The van der Waals surface area contributed by atoms with Gasteiger partial charge in [0, 0.05) is 0 Å². The monoisotopic (exact) mass is 438 g/mol. The van der Waals surface area contributed by atoms with E-state index in [4.69, 9.17) is 9.84 Å². The second-order valence-electron chi connectivity index (χ2n) is 9.82. The first-order valence-corrected chi connectivity index (χ1v) is 13.5. The number of esters is 1. The molecule has 0 bridgehead atoms. The van der Waals surface area contributed by atoms with Crippen LogP contribution in [-0.2, 0) is 14.3 Å². The summed E-state index contributed by atoms with van der Waals surface area (Å²) in [5.41, 5.74) is 0. The van der Waals surface area contributed by atoms with Crippen molar-refractivity contribution in [1.29, 1.82) is 0 Å². The maximum Gasteiger partial charge on any atom is 0.308 e. The Morgan fingerprint density at radius 1 is 0.710 bits per heavy atom. The van der Waals surface area contributed by atoms with Crippen molar-refractivity contribution in [1.82, 2.24) is 0 Å². The third-order valence-electron chi connectivity index (χ3n) is 7.07. The smallest absolute Gasteiger partial charge is 0.308 e. The molecule has 1 aliphatic rings. The van der Waals surface area contributed by atoms with Gasteiger partial charge in [-0.05, 0) is 38.0 Å². The van der Waals surface area contributed by atoms with Crippen LogP contribution in [0.1, 0.15) is 136 Å². The summed E-state index contributed by atoms with van der Waals surface area (Å²) < 4.78 is 5.43. The zero-order valence-corrected chi connectivity index (χ0v) is 20.5. The van der Waals surface area contributed by atoms with Gasteiger partial charge < -0.3 is 9.84 Å². The molecule has 0 aromatic heterocycles. The zero-order chi connectivity index (χ0) is 22.7. The molecule has 1 aliphatic carbocycles. The highest BCUT2D eigenvalue weighted by Crippen LogP contribution is 2.29. The van der Waals surface area contributed by atoms with Crippen molar-refractivity contribution in [2.75, 3.05) is 6.61 Å². The van der Waals surface area contributed by atoms with Crippen LogP contribution >= 0.6 is 0 Å². The van der Waals surface area contributed by atoms with Crippen LogP contribution < -0.4 is 0 Å². The molecule has 0 aliphatic heterocycles. The van der Waals surface area contributed by atoms with Crippen LogP contribution in [0, 0.1) is 17.8 Å². The topological polar surface area (TPSA) is 63.6 Å². The van der Waals surface area contributed by atoms with Crippen LogP contribution in [0.15, 0.2) is 0 Å². The first-order valence-electron chi connectivity index (χ1n) is 13.5. The minimum atomic E-state index is -0.727. The predicted molar refractivity (Wildman–Crippen MR) is 128 cm³/mol. The fourth-order valence-electron chi connectivity index (χ4n) is 4.99. The fraction of sp³-hybridized carbons (Fsp3) is 0.926. The van der Waals surface area contributed by atoms with E-state index >= 15 is 0 Å². The van der Waals surface area contributed by atoms with Gasteiger partial charge in [-0.1, -0.05) is 104 Å². The van der Waals surface area contributed by atoms with Crippen molar-refractivity contribution in [2.45, 2.75) is 136 Å². The van der Waals surface area contributed by atoms with Gasteiger partial charge in [0.2, 0.25) is 0 Å². The number of hydrogen-bond donors (Lipinski definition) is 1. The number of hydrogen-bond acceptors (Lipinski definition) is 3. The van der Waals surface area contributed by atoms with Crippen LogP contribution in [0.2, 0.25) is 0 Å². The van der Waals surface area contributed by atoms with Gasteiger partial charge in [-0.3, -0.25) is 9.59 Å². The highest BCUT2D eigenvalue weighted by molar-refractivity contribution is 5.74. The largest absolute Gasteiger partial charge is 0.481 e.